The van der Waals surface area contributed by atoms with Crippen LogP contribution in [0.4, 0.5) is 5.69 Å². The Morgan fingerprint density at radius 2 is 0.872 bits per heavy atom. The van der Waals surface area contributed by atoms with Gasteiger partial charge in [-0.1, -0.05) is 97.1 Å². The molecule has 3 nitrogen and oxygen atoms in total. The van der Waals surface area contributed by atoms with E-state index in [1.165, 1.54) is 27.3 Å². The van der Waals surface area contributed by atoms with E-state index >= 15 is 0 Å². The molecule has 0 radical (unpaired) electrons. The highest BCUT2D eigenvalue weighted by Crippen LogP contribution is 2.40. The normalized spacial score (nSPS) is 11.7. The standard InChI is InChI=1S/C36H25N3/c37-35-34(39-32-16-8-4-12-27(32)28-13-5-9-17-33(28)39)23-22-30-29-14-6-7-15-31(29)38(36(30)35)26-20-18-25(19-21-26)24-10-2-1-3-11-24/h1-23H,37H2. The lowest BCUT2D eigenvalue weighted by Crippen LogP contribution is -2.03. The first kappa shape index (κ1) is 21.8. The number of fused-ring (bicyclic) bond motifs is 6. The molecule has 0 bridgehead atoms. The maximum absolute atomic E-state index is 7.17. The van der Waals surface area contributed by atoms with Crippen molar-refractivity contribution in [1.29, 1.82) is 0 Å². The van der Waals surface area contributed by atoms with Crippen molar-refractivity contribution in [3.63, 3.8) is 0 Å². The smallest absolute Gasteiger partial charge is 0.0810 e. The first-order valence-corrected chi connectivity index (χ1v) is 13.3. The molecule has 8 aromatic rings. The van der Waals surface area contributed by atoms with Crippen LogP contribution in [0.1, 0.15) is 0 Å². The van der Waals surface area contributed by atoms with Crippen LogP contribution in [0, 0.1) is 0 Å². The van der Waals surface area contributed by atoms with E-state index in [1.807, 2.05) is 6.07 Å². The maximum atomic E-state index is 7.17. The van der Waals surface area contributed by atoms with Crippen molar-refractivity contribution in [2.24, 2.45) is 0 Å². The summed E-state index contributed by atoms with van der Waals surface area (Å²) in [7, 11) is 0. The Kier molecular flexibility index (Phi) is 4.67. The topological polar surface area (TPSA) is 35.9 Å². The van der Waals surface area contributed by atoms with E-state index in [0.29, 0.717) is 0 Å². The van der Waals surface area contributed by atoms with Gasteiger partial charge in [0.05, 0.1) is 33.4 Å². The largest absolute Gasteiger partial charge is 0.395 e. The number of hydrogen-bond acceptors (Lipinski definition) is 1. The lowest BCUT2D eigenvalue weighted by molar-refractivity contribution is 1.16. The molecule has 8 rings (SSSR count). The maximum Gasteiger partial charge on any atom is 0.0810 e. The van der Waals surface area contributed by atoms with Gasteiger partial charge in [-0.15, -0.1) is 0 Å². The van der Waals surface area contributed by atoms with Gasteiger partial charge in [-0.25, -0.2) is 0 Å². The van der Waals surface area contributed by atoms with Gasteiger partial charge < -0.3 is 14.9 Å². The van der Waals surface area contributed by atoms with Gasteiger partial charge in [0.2, 0.25) is 0 Å². The second kappa shape index (κ2) is 8.37. The molecule has 0 spiro atoms. The van der Waals surface area contributed by atoms with Crippen molar-refractivity contribution in [3.8, 4) is 22.5 Å². The molecule has 0 aliphatic carbocycles. The zero-order valence-corrected chi connectivity index (χ0v) is 21.3. The van der Waals surface area contributed by atoms with E-state index < -0.39 is 0 Å². The molecule has 0 aliphatic rings. The number of para-hydroxylation sites is 3. The van der Waals surface area contributed by atoms with Crippen LogP contribution in [-0.2, 0) is 0 Å². The monoisotopic (exact) mass is 499 g/mol. The molecule has 39 heavy (non-hydrogen) atoms. The molecular weight excluding hydrogens is 474 g/mol. The average molecular weight is 500 g/mol. The van der Waals surface area contributed by atoms with E-state index in [9.17, 15) is 0 Å². The van der Waals surface area contributed by atoms with Gasteiger partial charge in [0.15, 0.2) is 0 Å². The molecule has 0 unspecified atom stereocenters. The van der Waals surface area contributed by atoms with Crippen LogP contribution in [0.2, 0.25) is 0 Å². The molecule has 0 fully saturated rings. The Balaban J connectivity index is 1.43. The third-order valence-corrected chi connectivity index (χ3v) is 7.91. The van der Waals surface area contributed by atoms with Gasteiger partial charge in [0, 0.05) is 27.2 Å². The summed E-state index contributed by atoms with van der Waals surface area (Å²) in [6, 6.07) is 49.3. The number of aromatic nitrogens is 2. The van der Waals surface area contributed by atoms with E-state index in [0.717, 1.165) is 44.5 Å². The lowest BCUT2D eigenvalue weighted by atomic mass is 10.1. The highest BCUT2D eigenvalue weighted by molar-refractivity contribution is 6.15. The van der Waals surface area contributed by atoms with Crippen LogP contribution >= 0.6 is 0 Å². The average Bonchev–Trinajstić information content (AvgIpc) is 3.52. The quantitative estimate of drug-likeness (QED) is 0.242. The third-order valence-electron chi connectivity index (χ3n) is 7.91. The van der Waals surface area contributed by atoms with Crippen molar-refractivity contribution in [2.45, 2.75) is 0 Å². The number of nitrogens with two attached hydrogens (primary N) is 1. The number of benzene rings is 6. The minimum absolute atomic E-state index is 0.766. The molecule has 2 heterocycles. The zero-order valence-electron chi connectivity index (χ0n) is 21.3. The summed E-state index contributed by atoms with van der Waals surface area (Å²) >= 11 is 0. The van der Waals surface area contributed by atoms with E-state index in [4.69, 9.17) is 5.73 Å². The van der Waals surface area contributed by atoms with Crippen molar-refractivity contribution in [2.75, 3.05) is 5.73 Å². The SMILES string of the molecule is Nc1c(-n2c3ccccc3c3ccccc32)ccc2c3ccccc3n(-c3ccc(-c4ccccc4)cc3)c12. The molecule has 2 N–H and O–H groups in total. The Morgan fingerprint density at radius 1 is 0.385 bits per heavy atom. The summed E-state index contributed by atoms with van der Waals surface area (Å²) in [4.78, 5) is 0. The van der Waals surface area contributed by atoms with Crippen molar-refractivity contribution < 1.29 is 0 Å². The molecule has 0 saturated carbocycles. The molecule has 0 amide bonds. The van der Waals surface area contributed by atoms with E-state index in [2.05, 4.69) is 143 Å². The first-order chi connectivity index (χ1) is 19.3. The molecule has 2 aromatic heterocycles. The van der Waals surface area contributed by atoms with Gasteiger partial charge in [-0.2, -0.15) is 0 Å². The van der Waals surface area contributed by atoms with Crippen LogP contribution in [-0.4, -0.2) is 9.13 Å². The number of anilines is 1. The summed E-state index contributed by atoms with van der Waals surface area (Å²) < 4.78 is 4.62. The number of rotatable bonds is 3. The zero-order chi connectivity index (χ0) is 25.9. The van der Waals surface area contributed by atoms with Crippen LogP contribution in [0.25, 0.3) is 66.1 Å². The van der Waals surface area contributed by atoms with E-state index in [-0.39, 0.29) is 0 Å². The Bertz CT molecular complexity index is 2110. The Morgan fingerprint density at radius 3 is 1.49 bits per heavy atom. The highest BCUT2D eigenvalue weighted by atomic mass is 15.0. The van der Waals surface area contributed by atoms with Crippen molar-refractivity contribution >= 4 is 49.3 Å². The summed E-state index contributed by atoms with van der Waals surface area (Å²) in [6.45, 7) is 0. The highest BCUT2D eigenvalue weighted by Gasteiger charge is 2.20. The predicted octanol–water partition coefficient (Wildman–Crippen LogP) is 9.13. The molecule has 0 aliphatic heterocycles. The fourth-order valence-electron chi connectivity index (χ4n) is 6.15. The Labute approximate surface area is 226 Å². The summed E-state index contributed by atoms with van der Waals surface area (Å²) in [6.07, 6.45) is 0. The van der Waals surface area contributed by atoms with Crippen molar-refractivity contribution in [3.05, 3.63) is 140 Å². The second-order valence-corrected chi connectivity index (χ2v) is 10.0. The minimum atomic E-state index is 0.766. The Hall–Kier alpha value is -5.28. The summed E-state index contributed by atoms with van der Waals surface area (Å²) in [5.74, 6) is 0. The number of hydrogen-bond donors (Lipinski definition) is 1. The number of nitrogens with zero attached hydrogens (tertiary/aromatic N) is 2. The van der Waals surface area contributed by atoms with Gasteiger partial charge in [0.25, 0.3) is 0 Å². The second-order valence-electron chi connectivity index (χ2n) is 10.0. The van der Waals surface area contributed by atoms with Crippen molar-refractivity contribution in [1.82, 2.24) is 9.13 Å². The fourth-order valence-corrected chi connectivity index (χ4v) is 6.15. The minimum Gasteiger partial charge on any atom is -0.395 e. The van der Waals surface area contributed by atoms with Crippen LogP contribution in [0.15, 0.2) is 140 Å². The van der Waals surface area contributed by atoms with Gasteiger partial charge in [-0.3, -0.25) is 0 Å². The van der Waals surface area contributed by atoms with Crippen LogP contribution < -0.4 is 5.73 Å². The summed E-state index contributed by atoms with van der Waals surface area (Å²) in [5.41, 5.74) is 16.9. The molecule has 184 valence electrons. The predicted molar refractivity (Wildman–Crippen MR) is 165 cm³/mol. The lowest BCUT2D eigenvalue weighted by Gasteiger charge is -2.15. The van der Waals surface area contributed by atoms with Crippen LogP contribution in [0.3, 0.4) is 0 Å². The molecule has 6 aromatic carbocycles. The molecule has 0 saturated heterocycles. The van der Waals surface area contributed by atoms with Gasteiger partial charge >= 0.3 is 0 Å². The summed E-state index contributed by atoms with van der Waals surface area (Å²) in [5, 5.41) is 4.80. The van der Waals surface area contributed by atoms with Gasteiger partial charge in [-0.05, 0) is 53.6 Å². The van der Waals surface area contributed by atoms with Gasteiger partial charge in [0.1, 0.15) is 0 Å². The fraction of sp³-hybridized carbons (Fsp3) is 0. The molecule has 0 atom stereocenters. The molecule has 3 heteroatoms. The van der Waals surface area contributed by atoms with Crippen LogP contribution in [0.5, 0.6) is 0 Å². The van der Waals surface area contributed by atoms with E-state index in [1.54, 1.807) is 0 Å². The molecular formula is C36H25N3. The first-order valence-electron chi connectivity index (χ1n) is 13.3. The number of nitrogen functional groups attached to an aromatic ring is 1. The third kappa shape index (κ3) is 3.17.